The van der Waals surface area contributed by atoms with Crippen LogP contribution in [0.4, 0.5) is 0 Å². The molecule has 1 aliphatic carbocycles. The Labute approximate surface area is 116 Å². The Hall–Kier alpha value is -1.06. The number of hydrogen-bond acceptors (Lipinski definition) is 2. The standard InChI is InChI=1S/C15H27NO3/c1-10-5-6-12(11(2)7-10)16-13(17)8-15(3,4)9-14(18)19/h10-12H,5-9H2,1-4H3,(H,16,17)(H,18,19). The van der Waals surface area contributed by atoms with Crippen LogP contribution >= 0.6 is 0 Å². The quantitative estimate of drug-likeness (QED) is 0.806. The normalized spacial score (nSPS) is 27.9. The molecule has 0 saturated heterocycles. The van der Waals surface area contributed by atoms with E-state index in [0.717, 1.165) is 25.2 Å². The number of carbonyl (C=O) groups excluding carboxylic acids is 1. The van der Waals surface area contributed by atoms with Crippen LogP contribution in [0.5, 0.6) is 0 Å². The summed E-state index contributed by atoms with van der Waals surface area (Å²) in [4.78, 5) is 22.8. The highest BCUT2D eigenvalue weighted by Gasteiger charge is 2.29. The summed E-state index contributed by atoms with van der Waals surface area (Å²) in [5.41, 5.74) is -0.485. The zero-order chi connectivity index (χ0) is 14.6. The molecule has 1 saturated carbocycles. The number of hydrogen-bond donors (Lipinski definition) is 2. The molecular weight excluding hydrogens is 242 g/mol. The van der Waals surface area contributed by atoms with Gasteiger partial charge in [-0.15, -0.1) is 0 Å². The number of amides is 1. The number of rotatable bonds is 5. The Morgan fingerprint density at radius 3 is 2.37 bits per heavy atom. The van der Waals surface area contributed by atoms with Crippen molar-refractivity contribution < 1.29 is 14.7 Å². The number of carboxylic acid groups (broad SMARTS) is 1. The highest BCUT2D eigenvalue weighted by Crippen LogP contribution is 2.30. The second-order valence-electron chi connectivity index (χ2n) is 6.98. The molecule has 1 amide bonds. The first kappa shape index (κ1) is 16.0. The van der Waals surface area contributed by atoms with Crippen molar-refractivity contribution in [2.45, 2.75) is 65.8 Å². The van der Waals surface area contributed by atoms with Gasteiger partial charge in [0.05, 0.1) is 6.42 Å². The van der Waals surface area contributed by atoms with Crippen molar-refractivity contribution in [1.29, 1.82) is 0 Å². The Morgan fingerprint density at radius 2 is 1.84 bits per heavy atom. The minimum absolute atomic E-state index is 0.0161. The Morgan fingerprint density at radius 1 is 1.21 bits per heavy atom. The smallest absolute Gasteiger partial charge is 0.303 e. The van der Waals surface area contributed by atoms with E-state index < -0.39 is 11.4 Å². The Kier molecular flexibility index (Phi) is 5.39. The van der Waals surface area contributed by atoms with Gasteiger partial charge in [-0.05, 0) is 36.5 Å². The van der Waals surface area contributed by atoms with Crippen molar-refractivity contribution >= 4 is 11.9 Å². The van der Waals surface area contributed by atoms with E-state index in [1.807, 2.05) is 13.8 Å². The molecule has 0 aromatic rings. The molecule has 0 heterocycles. The monoisotopic (exact) mass is 269 g/mol. The predicted octanol–water partition coefficient (Wildman–Crippen LogP) is 2.82. The Bertz CT molecular complexity index is 338. The molecule has 1 aliphatic rings. The van der Waals surface area contributed by atoms with Gasteiger partial charge < -0.3 is 10.4 Å². The van der Waals surface area contributed by atoms with Gasteiger partial charge in [0, 0.05) is 12.5 Å². The average Bonchev–Trinajstić information content (AvgIpc) is 2.19. The van der Waals surface area contributed by atoms with E-state index >= 15 is 0 Å². The molecule has 3 atom stereocenters. The topological polar surface area (TPSA) is 66.4 Å². The molecule has 0 spiro atoms. The first-order valence-electron chi connectivity index (χ1n) is 7.21. The Balaban J connectivity index is 2.44. The van der Waals surface area contributed by atoms with E-state index in [-0.39, 0.29) is 24.8 Å². The molecule has 0 aromatic heterocycles. The van der Waals surface area contributed by atoms with Crippen LogP contribution in [-0.4, -0.2) is 23.0 Å². The number of nitrogens with one attached hydrogen (secondary N) is 1. The minimum atomic E-state index is -0.849. The van der Waals surface area contributed by atoms with E-state index in [1.165, 1.54) is 0 Å². The van der Waals surface area contributed by atoms with Gasteiger partial charge >= 0.3 is 5.97 Å². The van der Waals surface area contributed by atoms with Crippen LogP contribution in [0.1, 0.15) is 59.8 Å². The van der Waals surface area contributed by atoms with Crippen LogP contribution in [0.25, 0.3) is 0 Å². The molecule has 4 heteroatoms. The molecule has 3 unspecified atom stereocenters. The maximum atomic E-state index is 12.0. The molecule has 0 aromatic carbocycles. The number of aliphatic carboxylic acids is 1. The maximum absolute atomic E-state index is 12.0. The SMILES string of the molecule is CC1CCC(NC(=O)CC(C)(C)CC(=O)O)C(C)C1. The highest BCUT2D eigenvalue weighted by atomic mass is 16.4. The van der Waals surface area contributed by atoms with Gasteiger partial charge in [0.1, 0.15) is 0 Å². The zero-order valence-corrected chi connectivity index (χ0v) is 12.5. The fourth-order valence-electron chi connectivity index (χ4n) is 3.04. The van der Waals surface area contributed by atoms with Gasteiger partial charge in [0.25, 0.3) is 0 Å². The van der Waals surface area contributed by atoms with Crippen molar-refractivity contribution in [2.24, 2.45) is 17.3 Å². The summed E-state index contributed by atoms with van der Waals surface area (Å²) < 4.78 is 0. The van der Waals surface area contributed by atoms with Gasteiger partial charge in [-0.3, -0.25) is 9.59 Å². The van der Waals surface area contributed by atoms with E-state index in [2.05, 4.69) is 19.2 Å². The third-order valence-corrected chi connectivity index (χ3v) is 4.05. The molecule has 0 radical (unpaired) electrons. The van der Waals surface area contributed by atoms with Gasteiger partial charge in [-0.2, -0.15) is 0 Å². The molecular formula is C15H27NO3. The van der Waals surface area contributed by atoms with Crippen LogP contribution in [0.15, 0.2) is 0 Å². The summed E-state index contributed by atoms with van der Waals surface area (Å²) in [5, 5.41) is 11.9. The summed E-state index contributed by atoms with van der Waals surface area (Å²) in [5.74, 6) is 0.386. The largest absolute Gasteiger partial charge is 0.481 e. The van der Waals surface area contributed by atoms with Crippen LogP contribution in [-0.2, 0) is 9.59 Å². The molecule has 1 fully saturated rings. The molecule has 110 valence electrons. The van der Waals surface area contributed by atoms with Crippen molar-refractivity contribution in [2.75, 3.05) is 0 Å². The average molecular weight is 269 g/mol. The lowest BCUT2D eigenvalue weighted by atomic mass is 9.79. The van der Waals surface area contributed by atoms with Gasteiger partial charge in [0.2, 0.25) is 5.91 Å². The summed E-state index contributed by atoms with van der Waals surface area (Å²) in [6.45, 7) is 8.09. The molecule has 0 aliphatic heterocycles. The molecule has 2 N–H and O–H groups in total. The number of carbonyl (C=O) groups is 2. The van der Waals surface area contributed by atoms with Gasteiger partial charge in [0.15, 0.2) is 0 Å². The second kappa shape index (κ2) is 6.40. The summed E-state index contributed by atoms with van der Waals surface area (Å²) in [7, 11) is 0. The third-order valence-electron chi connectivity index (χ3n) is 4.05. The van der Waals surface area contributed by atoms with Crippen molar-refractivity contribution in [3.63, 3.8) is 0 Å². The third kappa shape index (κ3) is 5.62. The summed E-state index contributed by atoms with van der Waals surface area (Å²) >= 11 is 0. The van der Waals surface area contributed by atoms with Crippen LogP contribution in [0, 0.1) is 17.3 Å². The van der Waals surface area contributed by atoms with E-state index in [0.29, 0.717) is 5.92 Å². The lowest BCUT2D eigenvalue weighted by molar-refractivity contribution is -0.139. The lowest BCUT2D eigenvalue weighted by Gasteiger charge is -2.34. The van der Waals surface area contributed by atoms with E-state index in [1.54, 1.807) is 0 Å². The van der Waals surface area contributed by atoms with E-state index in [4.69, 9.17) is 5.11 Å². The summed E-state index contributed by atoms with van der Waals surface area (Å²) in [6, 6.07) is 0.254. The number of carboxylic acids is 1. The predicted molar refractivity (Wildman–Crippen MR) is 74.8 cm³/mol. The van der Waals surface area contributed by atoms with Gasteiger partial charge in [-0.1, -0.05) is 27.7 Å². The van der Waals surface area contributed by atoms with E-state index in [9.17, 15) is 9.59 Å². The minimum Gasteiger partial charge on any atom is -0.481 e. The lowest BCUT2D eigenvalue weighted by Crippen LogP contribution is -2.43. The first-order chi connectivity index (χ1) is 8.69. The second-order valence-corrected chi connectivity index (χ2v) is 6.98. The first-order valence-corrected chi connectivity index (χ1v) is 7.21. The molecule has 0 bridgehead atoms. The van der Waals surface area contributed by atoms with Crippen molar-refractivity contribution in [1.82, 2.24) is 5.32 Å². The van der Waals surface area contributed by atoms with Crippen LogP contribution in [0.2, 0.25) is 0 Å². The highest BCUT2D eigenvalue weighted by molar-refractivity contribution is 5.78. The van der Waals surface area contributed by atoms with Gasteiger partial charge in [-0.25, -0.2) is 0 Å². The maximum Gasteiger partial charge on any atom is 0.303 e. The zero-order valence-electron chi connectivity index (χ0n) is 12.5. The van der Waals surface area contributed by atoms with Crippen molar-refractivity contribution in [3.05, 3.63) is 0 Å². The molecule has 19 heavy (non-hydrogen) atoms. The van der Waals surface area contributed by atoms with Crippen LogP contribution < -0.4 is 5.32 Å². The fraction of sp³-hybridized carbons (Fsp3) is 0.867. The molecule has 1 rings (SSSR count). The molecule has 4 nitrogen and oxygen atoms in total. The fourth-order valence-corrected chi connectivity index (χ4v) is 3.04. The van der Waals surface area contributed by atoms with Crippen LogP contribution in [0.3, 0.4) is 0 Å². The van der Waals surface area contributed by atoms with Crippen molar-refractivity contribution in [3.8, 4) is 0 Å². The summed E-state index contributed by atoms with van der Waals surface area (Å²) in [6.07, 6.45) is 3.65.